The highest BCUT2D eigenvalue weighted by atomic mass is 127. The van der Waals surface area contributed by atoms with E-state index >= 15 is 0 Å². The summed E-state index contributed by atoms with van der Waals surface area (Å²) in [7, 11) is 0. The fraction of sp³-hybridized carbons (Fsp3) is 0.0769. The van der Waals surface area contributed by atoms with Crippen LogP contribution in [0.15, 0.2) is 41.3 Å². The first-order chi connectivity index (χ1) is 8.56. The van der Waals surface area contributed by atoms with Crippen molar-refractivity contribution in [3.63, 3.8) is 0 Å². The summed E-state index contributed by atoms with van der Waals surface area (Å²) in [5.74, 6) is -0.135. The number of pyridine rings is 1. The number of aromatic amines is 1. The number of halogens is 1. The molecule has 0 aliphatic carbocycles. The van der Waals surface area contributed by atoms with Gasteiger partial charge in [-0.05, 0) is 46.4 Å². The number of amides is 1. The van der Waals surface area contributed by atoms with Crippen molar-refractivity contribution in [2.45, 2.75) is 6.92 Å². The number of H-pyrrole nitrogens is 1. The molecule has 0 saturated carbocycles. The third-order valence-corrected chi connectivity index (χ3v) is 2.98. The molecule has 0 atom stereocenters. The van der Waals surface area contributed by atoms with Crippen LogP contribution in [-0.2, 0) is 4.79 Å². The van der Waals surface area contributed by atoms with E-state index in [0.717, 1.165) is 9.13 Å². The second-order valence-corrected chi connectivity index (χ2v) is 5.07. The highest BCUT2D eigenvalue weighted by Gasteiger charge is 2.05. The first-order valence-electron chi connectivity index (χ1n) is 5.32. The summed E-state index contributed by atoms with van der Waals surface area (Å²) in [5.41, 5.74) is 1.91. The third kappa shape index (κ3) is 2.98. The molecule has 2 N–H and O–H groups in total. The van der Waals surface area contributed by atoms with Crippen LogP contribution in [0.1, 0.15) is 6.92 Å². The van der Waals surface area contributed by atoms with Crippen LogP contribution in [0.4, 0.5) is 5.69 Å². The van der Waals surface area contributed by atoms with Crippen molar-refractivity contribution < 1.29 is 4.79 Å². The van der Waals surface area contributed by atoms with Gasteiger partial charge in [0.15, 0.2) is 0 Å². The zero-order valence-electron chi connectivity index (χ0n) is 9.66. The Bertz CT molecular complexity index is 649. The Morgan fingerprint density at radius 1 is 1.33 bits per heavy atom. The van der Waals surface area contributed by atoms with Crippen LogP contribution in [0.3, 0.4) is 0 Å². The number of carbonyl (C=O) groups excluding carboxylic acids is 1. The molecule has 1 aromatic carbocycles. The molecule has 0 aliphatic rings. The van der Waals surface area contributed by atoms with Crippen molar-refractivity contribution in [2.75, 3.05) is 5.32 Å². The van der Waals surface area contributed by atoms with Gasteiger partial charge in [0.1, 0.15) is 0 Å². The molecule has 2 aromatic rings. The van der Waals surface area contributed by atoms with Crippen molar-refractivity contribution in [1.29, 1.82) is 0 Å². The second-order valence-electron chi connectivity index (χ2n) is 3.82. The minimum absolute atomic E-state index is 0.135. The van der Waals surface area contributed by atoms with E-state index in [1.54, 1.807) is 24.4 Å². The molecule has 1 amide bonds. The van der Waals surface area contributed by atoms with Crippen molar-refractivity contribution in [3.05, 3.63) is 50.5 Å². The molecule has 0 unspecified atom stereocenters. The molecular weight excluding hydrogens is 343 g/mol. The summed E-state index contributed by atoms with van der Waals surface area (Å²) in [5, 5.41) is 2.70. The highest BCUT2D eigenvalue weighted by Crippen LogP contribution is 2.20. The molecule has 0 aliphatic heterocycles. The summed E-state index contributed by atoms with van der Waals surface area (Å²) in [4.78, 5) is 25.4. The summed E-state index contributed by atoms with van der Waals surface area (Å²) in [6, 6.07) is 9.02. The van der Waals surface area contributed by atoms with E-state index in [0.29, 0.717) is 11.3 Å². The molecule has 0 saturated heterocycles. The summed E-state index contributed by atoms with van der Waals surface area (Å²) in [6.45, 7) is 1.45. The number of carbonyl (C=O) groups is 1. The lowest BCUT2D eigenvalue weighted by atomic mass is 10.1. The van der Waals surface area contributed by atoms with Crippen LogP contribution in [0.5, 0.6) is 0 Å². The number of anilines is 1. The van der Waals surface area contributed by atoms with Crippen LogP contribution >= 0.6 is 22.6 Å². The standard InChI is InChI=1S/C13H11IN2O2/c1-8(17)16-11-4-2-3-9(5-11)12-6-10(14)7-15-13(12)18/h2-7H,1H3,(H,15,18)(H,16,17). The summed E-state index contributed by atoms with van der Waals surface area (Å²) in [6.07, 6.45) is 1.66. The first-order valence-corrected chi connectivity index (χ1v) is 6.40. The van der Waals surface area contributed by atoms with E-state index in [1.807, 2.05) is 12.1 Å². The maximum atomic E-state index is 11.8. The monoisotopic (exact) mass is 354 g/mol. The minimum atomic E-state index is -0.143. The van der Waals surface area contributed by atoms with E-state index in [9.17, 15) is 9.59 Å². The van der Waals surface area contributed by atoms with E-state index in [2.05, 4.69) is 32.9 Å². The zero-order valence-corrected chi connectivity index (χ0v) is 11.8. The maximum Gasteiger partial charge on any atom is 0.255 e. The third-order valence-electron chi connectivity index (χ3n) is 2.36. The summed E-state index contributed by atoms with van der Waals surface area (Å²) >= 11 is 2.14. The molecule has 4 nitrogen and oxygen atoms in total. The Hall–Kier alpha value is -1.63. The van der Waals surface area contributed by atoms with E-state index in [-0.39, 0.29) is 11.5 Å². The van der Waals surface area contributed by atoms with E-state index in [4.69, 9.17) is 0 Å². The minimum Gasteiger partial charge on any atom is -0.328 e. The first kappa shape index (κ1) is 12.8. The van der Waals surface area contributed by atoms with Gasteiger partial charge in [0, 0.05) is 27.9 Å². The second kappa shape index (κ2) is 5.34. The van der Waals surface area contributed by atoms with Crippen LogP contribution in [0.2, 0.25) is 0 Å². The molecule has 18 heavy (non-hydrogen) atoms. The number of nitrogens with one attached hydrogen (secondary N) is 2. The van der Waals surface area contributed by atoms with Gasteiger partial charge in [-0.1, -0.05) is 12.1 Å². The average molecular weight is 354 g/mol. The summed E-state index contributed by atoms with van der Waals surface area (Å²) < 4.78 is 0.951. The number of benzene rings is 1. The van der Waals surface area contributed by atoms with Crippen molar-refractivity contribution >= 4 is 34.2 Å². The predicted octanol–water partition coefficient (Wildman–Crippen LogP) is 2.60. The Morgan fingerprint density at radius 2 is 2.11 bits per heavy atom. The Morgan fingerprint density at radius 3 is 2.83 bits per heavy atom. The van der Waals surface area contributed by atoms with Crippen LogP contribution in [0.25, 0.3) is 11.1 Å². The molecular formula is C13H11IN2O2. The lowest BCUT2D eigenvalue weighted by Crippen LogP contribution is -2.09. The molecule has 0 radical (unpaired) electrons. The largest absolute Gasteiger partial charge is 0.328 e. The topological polar surface area (TPSA) is 62.0 Å². The van der Waals surface area contributed by atoms with Gasteiger partial charge in [-0.2, -0.15) is 0 Å². The van der Waals surface area contributed by atoms with Gasteiger partial charge in [0.25, 0.3) is 5.56 Å². The van der Waals surface area contributed by atoms with Crippen molar-refractivity contribution in [3.8, 4) is 11.1 Å². The van der Waals surface area contributed by atoms with Gasteiger partial charge in [0.05, 0.1) is 0 Å². The molecule has 0 fully saturated rings. The van der Waals surface area contributed by atoms with Crippen LogP contribution in [0, 0.1) is 3.57 Å². The fourth-order valence-electron chi connectivity index (χ4n) is 1.64. The van der Waals surface area contributed by atoms with E-state index < -0.39 is 0 Å². The molecule has 2 rings (SSSR count). The highest BCUT2D eigenvalue weighted by molar-refractivity contribution is 14.1. The fourth-order valence-corrected chi connectivity index (χ4v) is 2.11. The smallest absolute Gasteiger partial charge is 0.255 e. The van der Waals surface area contributed by atoms with Gasteiger partial charge >= 0.3 is 0 Å². The lowest BCUT2D eigenvalue weighted by Gasteiger charge is -2.05. The number of hydrogen-bond acceptors (Lipinski definition) is 2. The molecule has 1 aromatic heterocycles. The number of hydrogen-bond donors (Lipinski definition) is 2. The maximum absolute atomic E-state index is 11.8. The SMILES string of the molecule is CC(=O)Nc1cccc(-c2cc(I)c[nH]c2=O)c1. The Kier molecular flexibility index (Phi) is 3.81. The van der Waals surface area contributed by atoms with Crippen molar-refractivity contribution in [2.24, 2.45) is 0 Å². The Labute approximate surface area is 118 Å². The molecule has 5 heteroatoms. The molecule has 0 bridgehead atoms. The zero-order chi connectivity index (χ0) is 13.1. The van der Waals surface area contributed by atoms with Gasteiger partial charge in [-0.3, -0.25) is 9.59 Å². The lowest BCUT2D eigenvalue weighted by molar-refractivity contribution is -0.114. The molecule has 1 heterocycles. The number of aromatic nitrogens is 1. The predicted molar refractivity (Wildman–Crippen MR) is 79.5 cm³/mol. The average Bonchev–Trinajstić information content (AvgIpc) is 2.32. The van der Waals surface area contributed by atoms with Crippen molar-refractivity contribution in [1.82, 2.24) is 4.98 Å². The quantitative estimate of drug-likeness (QED) is 0.815. The molecule has 0 spiro atoms. The van der Waals surface area contributed by atoms with Crippen LogP contribution in [-0.4, -0.2) is 10.9 Å². The Balaban J connectivity index is 2.47. The van der Waals surface area contributed by atoms with Gasteiger partial charge in [-0.25, -0.2) is 0 Å². The van der Waals surface area contributed by atoms with Gasteiger partial charge in [-0.15, -0.1) is 0 Å². The van der Waals surface area contributed by atoms with Crippen LogP contribution < -0.4 is 10.9 Å². The molecule has 92 valence electrons. The normalized spacial score (nSPS) is 10.1. The van der Waals surface area contributed by atoms with Gasteiger partial charge in [0.2, 0.25) is 5.91 Å². The number of rotatable bonds is 2. The van der Waals surface area contributed by atoms with E-state index in [1.165, 1.54) is 6.92 Å². The van der Waals surface area contributed by atoms with Gasteiger partial charge < -0.3 is 10.3 Å².